The number of fused-ring (bicyclic) bond motifs is 1. The van der Waals surface area contributed by atoms with E-state index in [1.807, 2.05) is 6.92 Å². The number of nitro groups is 1. The minimum Gasteiger partial charge on any atom is -0.462 e. The smallest absolute Gasteiger partial charge is 0.341 e. The predicted octanol–water partition coefficient (Wildman–Crippen LogP) is 2.63. The molecule has 1 aromatic heterocycles. The van der Waals surface area contributed by atoms with E-state index < -0.39 is 40.8 Å². The molecule has 0 saturated carbocycles. The van der Waals surface area contributed by atoms with Gasteiger partial charge >= 0.3 is 5.97 Å². The molecule has 0 bridgehead atoms. The number of rotatable bonds is 7. The molecule has 0 saturated heterocycles. The fourth-order valence-electron chi connectivity index (χ4n) is 2.99. The van der Waals surface area contributed by atoms with Gasteiger partial charge in [-0.1, -0.05) is 13.0 Å². The Hall–Kier alpha value is -3.60. The van der Waals surface area contributed by atoms with Crippen LogP contribution in [0.1, 0.15) is 49.8 Å². The highest BCUT2D eigenvalue weighted by molar-refractivity contribution is 7.16. The molecule has 1 aliphatic heterocycles. The number of imide groups is 1. The minimum atomic E-state index is -0.913. The fourth-order valence-corrected chi connectivity index (χ4v) is 3.99. The zero-order valence-electron chi connectivity index (χ0n) is 16.1. The van der Waals surface area contributed by atoms with Crippen LogP contribution in [0.4, 0.5) is 10.7 Å². The van der Waals surface area contributed by atoms with E-state index in [1.165, 1.54) is 23.5 Å². The summed E-state index contributed by atoms with van der Waals surface area (Å²) in [7, 11) is 0. The number of esters is 1. The van der Waals surface area contributed by atoms with Crippen molar-refractivity contribution in [2.45, 2.75) is 20.3 Å². The second-order valence-electron chi connectivity index (χ2n) is 6.23. The second-order valence-corrected chi connectivity index (χ2v) is 7.37. The maximum Gasteiger partial charge on any atom is 0.341 e. The molecular formula is C19H17N3O7S. The molecule has 3 amide bonds. The van der Waals surface area contributed by atoms with Gasteiger partial charge in [0.05, 0.1) is 22.7 Å². The Morgan fingerprint density at radius 2 is 1.97 bits per heavy atom. The van der Waals surface area contributed by atoms with Crippen molar-refractivity contribution in [2.75, 3.05) is 18.5 Å². The highest BCUT2D eigenvalue weighted by atomic mass is 32.1. The van der Waals surface area contributed by atoms with Crippen molar-refractivity contribution in [3.63, 3.8) is 0 Å². The van der Waals surface area contributed by atoms with Crippen LogP contribution in [0.3, 0.4) is 0 Å². The molecule has 0 atom stereocenters. The minimum absolute atomic E-state index is 0.126. The monoisotopic (exact) mass is 431 g/mol. The standard InChI is InChI=1S/C19H17N3O7S/c1-3-10-8-12(19(26)29-4-2)16(30-10)20-14(23)9-21-17(24)11-6-5-7-13(22(27)28)15(11)18(21)25/h5-8H,3-4,9H2,1-2H3,(H,20,23). The summed E-state index contributed by atoms with van der Waals surface area (Å²) in [4.78, 5) is 61.6. The number of carbonyl (C=O) groups excluding carboxylic acids is 4. The van der Waals surface area contributed by atoms with Crippen molar-refractivity contribution in [2.24, 2.45) is 0 Å². The van der Waals surface area contributed by atoms with Crippen molar-refractivity contribution in [3.8, 4) is 0 Å². The summed E-state index contributed by atoms with van der Waals surface area (Å²) in [5.74, 6) is -3.02. The molecule has 2 heterocycles. The lowest BCUT2D eigenvalue weighted by Gasteiger charge is -2.13. The third-order valence-corrected chi connectivity index (χ3v) is 5.55. The molecule has 0 radical (unpaired) electrons. The average molecular weight is 431 g/mol. The molecular weight excluding hydrogens is 414 g/mol. The summed E-state index contributed by atoms with van der Waals surface area (Å²) in [6.45, 7) is 3.06. The molecule has 10 nitrogen and oxygen atoms in total. The summed E-state index contributed by atoms with van der Waals surface area (Å²) < 4.78 is 4.99. The van der Waals surface area contributed by atoms with E-state index in [1.54, 1.807) is 13.0 Å². The summed E-state index contributed by atoms with van der Waals surface area (Å²) in [6, 6.07) is 5.34. The van der Waals surface area contributed by atoms with E-state index in [2.05, 4.69) is 5.32 Å². The van der Waals surface area contributed by atoms with Crippen LogP contribution in [0.25, 0.3) is 0 Å². The summed E-state index contributed by atoms with van der Waals surface area (Å²) in [6.07, 6.45) is 0.634. The van der Waals surface area contributed by atoms with Gasteiger partial charge < -0.3 is 10.1 Å². The largest absolute Gasteiger partial charge is 0.462 e. The van der Waals surface area contributed by atoms with Gasteiger partial charge in [0.15, 0.2) is 0 Å². The lowest BCUT2D eigenvalue weighted by atomic mass is 10.1. The number of hydrogen-bond donors (Lipinski definition) is 1. The van der Waals surface area contributed by atoms with E-state index in [4.69, 9.17) is 4.74 Å². The molecule has 2 aromatic rings. The van der Waals surface area contributed by atoms with Gasteiger partial charge in [0.2, 0.25) is 5.91 Å². The maximum atomic E-state index is 12.6. The summed E-state index contributed by atoms with van der Waals surface area (Å²) in [5.41, 5.74) is -0.773. The molecule has 1 N–H and O–H groups in total. The maximum absolute atomic E-state index is 12.6. The molecule has 1 aliphatic rings. The van der Waals surface area contributed by atoms with Crippen LogP contribution in [-0.2, 0) is 16.0 Å². The Kier molecular flexibility index (Phi) is 5.92. The topological polar surface area (TPSA) is 136 Å². The molecule has 11 heteroatoms. The average Bonchev–Trinajstić information content (AvgIpc) is 3.22. The normalized spacial score (nSPS) is 12.7. The van der Waals surface area contributed by atoms with Crippen molar-refractivity contribution in [1.82, 2.24) is 4.90 Å². The Balaban J connectivity index is 1.81. The number of ether oxygens (including phenoxy) is 1. The number of thiophene rings is 1. The van der Waals surface area contributed by atoms with E-state index in [0.717, 1.165) is 10.9 Å². The van der Waals surface area contributed by atoms with Gasteiger partial charge in [0, 0.05) is 10.9 Å². The van der Waals surface area contributed by atoms with E-state index in [0.29, 0.717) is 11.3 Å². The molecule has 156 valence electrons. The molecule has 3 rings (SSSR count). The van der Waals surface area contributed by atoms with Gasteiger partial charge in [-0.3, -0.25) is 29.4 Å². The van der Waals surface area contributed by atoms with Crippen molar-refractivity contribution < 1.29 is 28.8 Å². The number of hydrogen-bond acceptors (Lipinski definition) is 8. The Morgan fingerprint density at radius 1 is 1.23 bits per heavy atom. The van der Waals surface area contributed by atoms with Gasteiger partial charge in [-0.05, 0) is 25.5 Å². The van der Waals surface area contributed by atoms with Crippen LogP contribution in [0.5, 0.6) is 0 Å². The Labute approximate surface area is 174 Å². The van der Waals surface area contributed by atoms with E-state index in [-0.39, 0.29) is 28.3 Å². The van der Waals surface area contributed by atoms with Crippen molar-refractivity contribution >= 4 is 45.7 Å². The van der Waals surface area contributed by atoms with E-state index >= 15 is 0 Å². The second kappa shape index (κ2) is 8.41. The van der Waals surface area contributed by atoms with Gasteiger partial charge in [-0.25, -0.2) is 4.79 Å². The molecule has 30 heavy (non-hydrogen) atoms. The predicted molar refractivity (Wildman–Crippen MR) is 107 cm³/mol. The van der Waals surface area contributed by atoms with Crippen molar-refractivity contribution in [3.05, 3.63) is 55.9 Å². The van der Waals surface area contributed by atoms with Crippen LogP contribution < -0.4 is 5.32 Å². The van der Waals surface area contributed by atoms with Crippen LogP contribution in [0.2, 0.25) is 0 Å². The lowest BCUT2D eigenvalue weighted by molar-refractivity contribution is -0.385. The highest BCUT2D eigenvalue weighted by Crippen LogP contribution is 2.32. The van der Waals surface area contributed by atoms with Gasteiger partial charge in [0.1, 0.15) is 17.1 Å². The number of nitro benzene ring substituents is 1. The SMILES string of the molecule is CCOC(=O)c1cc(CC)sc1NC(=O)CN1C(=O)c2cccc([N+](=O)[O-])c2C1=O. The van der Waals surface area contributed by atoms with Crippen LogP contribution in [-0.4, -0.2) is 46.7 Å². The third kappa shape index (κ3) is 3.79. The molecule has 0 unspecified atom stereocenters. The first-order valence-electron chi connectivity index (χ1n) is 9.01. The first kappa shape index (κ1) is 21.1. The Morgan fingerprint density at radius 3 is 2.60 bits per heavy atom. The third-order valence-electron chi connectivity index (χ3n) is 4.36. The summed E-state index contributed by atoms with van der Waals surface area (Å²) in [5, 5.41) is 14.0. The van der Waals surface area contributed by atoms with Crippen LogP contribution >= 0.6 is 11.3 Å². The Bertz CT molecular complexity index is 1080. The molecule has 0 aliphatic carbocycles. The van der Waals surface area contributed by atoms with Gasteiger partial charge in [-0.2, -0.15) is 0 Å². The van der Waals surface area contributed by atoms with Gasteiger partial charge in [0.25, 0.3) is 17.5 Å². The zero-order chi connectivity index (χ0) is 22.0. The first-order chi connectivity index (χ1) is 14.3. The molecule has 0 fully saturated rings. The lowest BCUT2D eigenvalue weighted by Crippen LogP contribution is -2.37. The number of aryl methyl sites for hydroxylation is 1. The first-order valence-corrected chi connectivity index (χ1v) is 9.83. The van der Waals surface area contributed by atoms with Gasteiger partial charge in [-0.15, -0.1) is 11.3 Å². The van der Waals surface area contributed by atoms with Crippen LogP contribution in [0.15, 0.2) is 24.3 Å². The number of benzene rings is 1. The number of amides is 3. The zero-order valence-corrected chi connectivity index (χ0v) is 16.9. The number of anilines is 1. The molecule has 0 spiro atoms. The van der Waals surface area contributed by atoms with Crippen molar-refractivity contribution in [1.29, 1.82) is 0 Å². The highest BCUT2D eigenvalue weighted by Gasteiger charge is 2.41. The molecule has 1 aromatic carbocycles. The van der Waals surface area contributed by atoms with Crippen LogP contribution in [0, 0.1) is 10.1 Å². The number of nitrogens with one attached hydrogen (secondary N) is 1. The fraction of sp³-hybridized carbons (Fsp3) is 0.263. The quantitative estimate of drug-likeness (QED) is 0.308. The number of nitrogens with zero attached hydrogens (tertiary/aromatic N) is 2. The number of carbonyl (C=O) groups is 4. The summed E-state index contributed by atoms with van der Waals surface area (Å²) >= 11 is 1.18. The van der Waals surface area contributed by atoms with E-state index in [9.17, 15) is 29.3 Å².